The van der Waals surface area contributed by atoms with Gasteiger partial charge in [-0.25, -0.2) is 4.98 Å². The lowest BCUT2D eigenvalue weighted by Crippen LogP contribution is -2.04. The summed E-state index contributed by atoms with van der Waals surface area (Å²) in [6.45, 7) is 5.70. The van der Waals surface area contributed by atoms with Gasteiger partial charge in [0.25, 0.3) is 0 Å². The summed E-state index contributed by atoms with van der Waals surface area (Å²) < 4.78 is 12.0. The molecule has 0 saturated heterocycles. The first-order valence-electron chi connectivity index (χ1n) is 12.3. The Morgan fingerprint density at radius 1 is 1.06 bits per heavy atom. The van der Waals surface area contributed by atoms with Gasteiger partial charge in [0.1, 0.15) is 17.3 Å². The van der Waals surface area contributed by atoms with Crippen LogP contribution in [0.1, 0.15) is 64.9 Å². The zero-order valence-electron chi connectivity index (χ0n) is 20.8. The molecular weight excluding hydrogens is 470 g/mol. The predicted molar refractivity (Wildman–Crippen MR) is 142 cm³/mol. The molecule has 0 radical (unpaired) electrons. The zero-order chi connectivity index (χ0) is 25.2. The molecular formula is C30H29NO4S. The molecule has 0 bridgehead atoms. The van der Waals surface area contributed by atoms with Crippen LogP contribution in [0.5, 0.6) is 5.75 Å². The van der Waals surface area contributed by atoms with E-state index in [-0.39, 0.29) is 11.6 Å². The van der Waals surface area contributed by atoms with E-state index in [0.29, 0.717) is 31.3 Å². The Bertz CT molecular complexity index is 1410. The van der Waals surface area contributed by atoms with Crippen LogP contribution < -0.4 is 4.74 Å². The van der Waals surface area contributed by atoms with E-state index in [1.165, 1.54) is 22.5 Å². The minimum absolute atomic E-state index is 0.0871. The third kappa shape index (κ3) is 5.19. The monoisotopic (exact) mass is 499 g/mol. The van der Waals surface area contributed by atoms with Crippen LogP contribution in [0.25, 0.3) is 21.9 Å². The maximum absolute atomic E-state index is 11.6. The Labute approximate surface area is 215 Å². The van der Waals surface area contributed by atoms with Crippen molar-refractivity contribution in [2.75, 3.05) is 6.61 Å². The Hall–Kier alpha value is -3.51. The van der Waals surface area contributed by atoms with Crippen LogP contribution in [0.4, 0.5) is 0 Å². The molecule has 184 valence electrons. The van der Waals surface area contributed by atoms with E-state index in [1.54, 1.807) is 13.8 Å². The van der Waals surface area contributed by atoms with Crippen LogP contribution in [0.2, 0.25) is 0 Å². The smallest absolute Gasteiger partial charge is 0.226 e. The number of fused-ring (bicyclic) bond motifs is 1. The molecule has 6 heteroatoms. The number of carbonyl (C=O) groups is 2. The number of rotatable bonds is 9. The van der Waals surface area contributed by atoms with Gasteiger partial charge in [0, 0.05) is 23.3 Å². The summed E-state index contributed by atoms with van der Waals surface area (Å²) in [5, 5.41) is 0. The normalized spacial score (nSPS) is 14.6. The zero-order valence-corrected chi connectivity index (χ0v) is 21.6. The number of hydrogen-bond acceptors (Lipinski definition) is 6. The van der Waals surface area contributed by atoms with Gasteiger partial charge in [-0.05, 0) is 92.6 Å². The summed E-state index contributed by atoms with van der Waals surface area (Å²) in [6.07, 6.45) is 3.31. The van der Waals surface area contributed by atoms with Crippen LogP contribution in [0, 0.1) is 6.92 Å². The molecule has 0 N–H and O–H groups in total. The largest absolute Gasteiger partial charge is 0.493 e. The molecule has 0 spiro atoms. The number of aromatic nitrogens is 1. The maximum Gasteiger partial charge on any atom is 0.226 e. The quantitative estimate of drug-likeness (QED) is 0.228. The number of Topliss-reactive ketones (excluding diaryl/α,β-unsaturated/α-hetero) is 2. The molecule has 1 unspecified atom stereocenters. The molecule has 5 nitrogen and oxygen atoms in total. The molecule has 0 amide bonds. The molecule has 1 aliphatic carbocycles. The molecule has 2 heterocycles. The number of ketones is 2. The molecule has 0 fully saturated rings. The SMILES string of the molecule is CC(=O)CC1CCc2cc(OCCc3nc(-c4ccc(-c5ccc(C(C)=O)s5)cc4)oc3C)ccc21. The van der Waals surface area contributed by atoms with Crippen molar-refractivity contribution in [2.24, 2.45) is 0 Å². The van der Waals surface area contributed by atoms with Crippen molar-refractivity contribution in [3.05, 3.63) is 82.1 Å². The minimum atomic E-state index is 0.0871. The summed E-state index contributed by atoms with van der Waals surface area (Å²) in [6, 6.07) is 18.1. The van der Waals surface area contributed by atoms with E-state index in [2.05, 4.69) is 12.1 Å². The third-order valence-electron chi connectivity index (χ3n) is 6.72. The fourth-order valence-electron chi connectivity index (χ4n) is 4.84. The van der Waals surface area contributed by atoms with Gasteiger partial charge in [0.05, 0.1) is 17.2 Å². The van der Waals surface area contributed by atoms with Gasteiger partial charge in [-0.3, -0.25) is 4.79 Å². The average Bonchev–Trinajstić information content (AvgIpc) is 3.58. The summed E-state index contributed by atoms with van der Waals surface area (Å²) in [4.78, 5) is 29.6. The predicted octanol–water partition coefficient (Wildman–Crippen LogP) is 7.21. The molecule has 2 aromatic heterocycles. The summed E-state index contributed by atoms with van der Waals surface area (Å²) in [7, 11) is 0. The number of thiophene rings is 1. The molecule has 5 rings (SSSR count). The standard InChI is InChI=1S/C30H29NO4S/c1-18(32)16-23-8-9-24-17-25(10-11-26(23)24)34-15-14-27-20(3)35-30(31-27)22-6-4-21(5-7-22)29-13-12-28(36-29)19(2)33/h4-7,10-13,17,23H,8-9,14-16H2,1-3H3. The Morgan fingerprint density at radius 2 is 1.83 bits per heavy atom. The summed E-state index contributed by atoms with van der Waals surface area (Å²) >= 11 is 1.50. The number of hydrogen-bond donors (Lipinski definition) is 0. The molecule has 4 aromatic rings. The molecule has 0 saturated carbocycles. The fourth-order valence-corrected chi connectivity index (χ4v) is 5.75. The maximum atomic E-state index is 11.6. The second kappa shape index (κ2) is 10.2. The number of benzene rings is 2. The van der Waals surface area contributed by atoms with Gasteiger partial charge in [-0.1, -0.05) is 18.2 Å². The van der Waals surface area contributed by atoms with E-state index in [4.69, 9.17) is 14.1 Å². The van der Waals surface area contributed by atoms with Crippen molar-refractivity contribution in [3.8, 4) is 27.6 Å². The molecule has 36 heavy (non-hydrogen) atoms. The van der Waals surface area contributed by atoms with Crippen molar-refractivity contribution in [2.45, 2.75) is 52.4 Å². The third-order valence-corrected chi connectivity index (χ3v) is 7.96. The Balaban J connectivity index is 1.20. The Kier molecular flexibility index (Phi) is 6.88. The van der Waals surface area contributed by atoms with Crippen LogP contribution >= 0.6 is 11.3 Å². The van der Waals surface area contributed by atoms with Gasteiger partial charge in [-0.15, -0.1) is 11.3 Å². The summed E-state index contributed by atoms with van der Waals surface area (Å²) in [5.74, 6) is 2.93. The first-order valence-corrected chi connectivity index (χ1v) is 13.1. The van der Waals surface area contributed by atoms with Crippen molar-refractivity contribution in [3.63, 3.8) is 0 Å². The number of ether oxygens (including phenoxy) is 1. The van der Waals surface area contributed by atoms with Gasteiger partial charge in [0.15, 0.2) is 5.78 Å². The summed E-state index contributed by atoms with van der Waals surface area (Å²) in [5.41, 5.74) is 5.45. The van der Waals surface area contributed by atoms with E-state index in [9.17, 15) is 9.59 Å². The second-order valence-corrected chi connectivity index (χ2v) is 10.5. The average molecular weight is 500 g/mol. The van der Waals surface area contributed by atoms with Crippen molar-refractivity contribution < 1.29 is 18.7 Å². The highest BCUT2D eigenvalue weighted by Gasteiger charge is 2.24. The molecule has 1 aliphatic rings. The highest BCUT2D eigenvalue weighted by Crippen LogP contribution is 2.37. The second-order valence-electron chi connectivity index (χ2n) is 9.42. The lowest BCUT2D eigenvalue weighted by Gasteiger charge is -2.11. The molecule has 0 aliphatic heterocycles. The van der Waals surface area contributed by atoms with Crippen molar-refractivity contribution >= 4 is 22.9 Å². The van der Waals surface area contributed by atoms with E-state index < -0.39 is 0 Å². The minimum Gasteiger partial charge on any atom is -0.493 e. The van der Waals surface area contributed by atoms with Crippen molar-refractivity contribution in [1.82, 2.24) is 4.98 Å². The van der Waals surface area contributed by atoms with Crippen LogP contribution in [-0.2, 0) is 17.6 Å². The first-order chi connectivity index (χ1) is 17.4. The number of aryl methyl sites for hydroxylation is 2. The van der Waals surface area contributed by atoms with Crippen LogP contribution in [0.15, 0.2) is 59.0 Å². The highest BCUT2D eigenvalue weighted by molar-refractivity contribution is 7.17. The van der Waals surface area contributed by atoms with E-state index in [0.717, 1.165) is 50.9 Å². The highest BCUT2D eigenvalue weighted by atomic mass is 32.1. The van der Waals surface area contributed by atoms with Gasteiger partial charge in [0.2, 0.25) is 5.89 Å². The first kappa shape index (κ1) is 24.2. The molecule has 1 atom stereocenters. The van der Waals surface area contributed by atoms with Crippen LogP contribution in [0.3, 0.4) is 0 Å². The Morgan fingerprint density at radius 3 is 2.56 bits per heavy atom. The number of oxazole rings is 1. The lowest BCUT2D eigenvalue weighted by atomic mass is 9.96. The van der Waals surface area contributed by atoms with Gasteiger partial charge >= 0.3 is 0 Å². The molecule has 2 aromatic carbocycles. The lowest BCUT2D eigenvalue weighted by molar-refractivity contribution is -0.117. The van der Waals surface area contributed by atoms with Gasteiger partial charge < -0.3 is 13.9 Å². The van der Waals surface area contributed by atoms with E-state index >= 15 is 0 Å². The van der Waals surface area contributed by atoms with Gasteiger partial charge in [-0.2, -0.15) is 0 Å². The number of nitrogens with zero attached hydrogens (tertiary/aromatic N) is 1. The van der Waals surface area contributed by atoms with Crippen LogP contribution in [-0.4, -0.2) is 23.2 Å². The topological polar surface area (TPSA) is 69.4 Å². The number of carbonyl (C=O) groups excluding carboxylic acids is 2. The van der Waals surface area contributed by atoms with Crippen molar-refractivity contribution in [1.29, 1.82) is 0 Å². The fraction of sp³-hybridized carbons (Fsp3) is 0.300. The van der Waals surface area contributed by atoms with E-state index in [1.807, 2.05) is 49.4 Å².